The van der Waals surface area contributed by atoms with E-state index >= 15 is 0 Å². The quantitative estimate of drug-likeness (QED) is 0.343. The Morgan fingerprint density at radius 2 is 2.00 bits per heavy atom. The van der Waals surface area contributed by atoms with Crippen LogP contribution in [-0.2, 0) is 0 Å². The second-order valence-corrected chi connectivity index (χ2v) is 6.28. The van der Waals surface area contributed by atoms with Crippen molar-refractivity contribution in [2.75, 3.05) is 13.1 Å². The van der Waals surface area contributed by atoms with Crippen molar-refractivity contribution < 1.29 is 5.21 Å². The third-order valence-electron chi connectivity index (χ3n) is 5.07. The van der Waals surface area contributed by atoms with Crippen molar-refractivity contribution in [3.8, 4) is 0 Å². The lowest BCUT2D eigenvalue weighted by molar-refractivity contribution is 0.0810. The maximum Gasteiger partial charge on any atom is 0.143 e. The molecule has 0 amide bonds. The van der Waals surface area contributed by atoms with Gasteiger partial charge in [0.1, 0.15) is 5.84 Å². The number of nitrogens with two attached hydrogens (primary N) is 1. The van der Waals surface area contributed by atoms with Crippen LogP contribution < -0.4 is 5.73 Å². The first-order valence-electron chi connectivity index (χ1n) is 7.33. The molecule has 0 bridgehead atoms. The zero-order valence-electron chi connectivity index (χ0n) is 11.7. The van der Waals surface area contributed by atoms with E-state index in [-0.39, 0.29) is 5.92 Å². The molecule has 0 aromatic rings. The van der Waals surface area contributed by atoms with Gasteiger partial charge < -0.3 is 10.9 Å². The van der Waals surface area contributed by atoms with Crippen LogP contribution in [0.3, 0.4) is 0 Å². The van der Waals surface area contributed by atoms with Crippen LogP contribution in [0, 0.1) is 17.8 Å². The standard InChI is InChI=1S/C14H27N3O/c1-10-5-6-13(8-11(10)2)17-7-3-4-12(9-17)14(15)16-18/h10-13,18H,3-9H2,1-2H3,(H2,15,16). The molecule has 4 atom stereocenters. The summed E-state index contributed by atoms with van der Waals surface area (Å²) in [5.41, 5.74) is 5.76. The zero-order chi connectivity index (χ0) is 13.1. The number of piperidine rings is 1. The van der Waals surface area contributed by atoms with Gasteiger partial charge in [-0.05, 0) is 50.5 Å². The first-order valence-corrected chi connectivity index (χ1v) is 7.33. The smallest absolute Gasteiger partial charge is 0.143 e. The van der Waals surface area contributed by atoms with Crippen LogP contribution >= 0.6 is 0 Å². The van der Waals surface area contributed by atoms with E-state index in [2.05, 4.69) is 23.9 Å². The molecule has 1 saturated carbocycles. The Balaban J connectivity index is 1.93. The van der Waals surface area contributed by atoms with Crippen molar-refractivity contribution in [3.05, 3.63) is 0 Å². The lowest BCUT2D eigenvalue weighted by Crippen LogP contribution is -2.48. The van der Waals surface area contributed by atoms with Gasteiger partial charge in [0.25, 0.3) is 0 Å². The molecule has 1 aliphatic carbocycles. The number of rotatable bonds is 2. The monoisotopic (exact) mass is 253 g/mol. The Kier molecular flexibility index (Phi) is 4.49. The fourth-order valence-electron chi connectivity index (χ4n) is 3.51. The first-order chi connectivity index (χ1) is 8.61. The minimum absolute atomic E-state index is 0.249. The fraction of sp³-hybridized carbons (Fsp3) is 0.929. The SMILES string of the molecule is CC1CCC(N2CCCC(C(N)=NO)C2)CC1C. The van der Waals surface area contributed by atoms with E-state index < -0.39 is 0 Å². The summed E-state index contributed by atoms with van der Waals surface area (Å²) in [7, 11) is 0. The molecule has 4 unspecified atom stereocenters. The number of amidine groups is 1. The van der Waals surface area contributed by atoms with Crippen LogP contribution in [0.1, 0.15) is 46.0 Å². The normalized spacial score (nSPS) is 39.8. The topological polar surface area (TPSA) is 61.8 Å². The van der Waals surface area contributed by atoms with E-state index in [1.54, 1.807) is 0 Å². The molecule has 1 aliphatic heterocycles. The van der Waals surface area contributed by atoms with Crippen LogP contribution in [0.4, 0.5) is 0 Å². The Hall–Kier alpha value is -0.770. The highest BCUT2D eigenvalue weighted by molar-refractivity contribution is 5.82. The van der Waals surface area contributed by atoms with Crippen LogP contribution in [0.5, 0.6) is 0 Å². The molecule has 4 nitrogen and oxygen atoms in total. The van der Waals surface area contributed by atoms with E-state index in [0.717, 1.165) is 24.8 Å². The van der Waals surface area contributed by atoms with E-state index in [4.69, 9.17) is 10.9 Å². The second kappa shape index (κ2) is 5.91. The van der Waals surface area contributed by atoms with Gasteiger partial charge in [0.05, 0.1) is 0 Å². The number of nitrogens with zero attached hydrogens (tertiary/aromatic N) is 2. The second-order valence-electron chi connectivity index (χ2n) is 6.28. The highest BCUT2D eigenvalue weighted by atomic mass is 16.4. The maximum atomic E-state index is 8.80. The minimum Gasteiger partial charge on any atom is -0.409 e. The molecule has 2 rings (SSSR count). The van der Waals surface area contributed by atoms with Gasteiger partial charge in [-0.2, -0.15) is 0 Å². The Bertz CT molecular complexity index is 305. The predicted molar refractivity (Wildman–Crippen MR) is 73.7 cm³/mol. The summed E-state index contributed by atoms with van der Waals surface area (Å²) in [5.74, 6) is 2.36. The molecule has 3 N–H and O–H groups in total. The van der Waals surface area contributed by atoms with Gasteiger partial charge in [-0.15, -0.1) is 0 Å². The van der Waals surface area contributed by atoms with E-state index in [0.29, 0.717) is 11.9 Å². The predicted octanol–water partition coefficient (Wildman–Crippen LogP) is 2.27. The van der Waals surface area contributed by atoms with Gasteiger partial charge in [0.15, 0.2) is 0 Å². The number of hydrogen-bond acceptors (Lipinski definition) is 3. The molecule has 2 aliphatic rings. The summed E-state index contributed by atoms with van der Waals surface area (Å²) in [6.07, 6.45) is 6.20. The molecule has 0 aromatic heterocycles. The largest absolute Gasteiger partial charge is 0.409 e. The highest BCUT2D eigenvalue weighted by Gasteiger charge is 2.32. The summed E-state index contributed by atoms with van der Waals surface area (Å²) >= 11 is 0. The van der Waals surface area contributed by atoms with Gasteiger partial charge in [-0.25, -0.2) is 0 Å². The molecule has 0 aromatic carbocycles. The number of oxime groups is 1. The Morgan fingerprint density at radius 1 is 1.22 bits per heavy atom. The molecule has 104 valence electrons. The third-order valence-corrected chi connectivity index (χ3v) is 5.07. The molecular formula is C14H27N3O. The molecule has 2 fully saturated rings. The molecule has 0 spiro atoms. The summed E-state index contributed by atoms with van der Waals surface area (Å²) in [6, 6.07) is 0.713. The summed E-state index contributed by atoms with van der Waals surface area (Å²) in [6.45, 7) is 6.90. The molecule has 0 radical (unpaired) electrons. The Labute approximate surface area is 110 Å². The molecule has 1 saturated heterocycles. The van der Waals surface area contributed by atoms with Crippen molar-refractivity contribution in [1.29, 1.82) is 0 Å². The fourth-order valence-corrected chi connectivity index (χ4v) is 3.51. The van der Waals surface area contributed by atoms with Crippen LogP contribution in [0.2, 0.25) is 0 Å². The van der Waals surface area contributed by atoms with Crippen molar-refractivity contribution in [1.82, 2.24) is 4.90 Å². The Morgan fingerprint density at radius 3 is 2.67 bits per heavy atom. The average molecular weight is 253 g/mol. The lowest BCUT2D eigenvalue weighted by atomic mass is 9.78. The molecular weight excluding hydrogens is 226 g/mol. The van der Waals surface area contributed by atoms with E-state index in [9.17, 15) is 0 Å². The van der Waals surface area contributed by atoms with Crippen LogP contribution in [-0.4, -0.2) is 35.1 Å². The van der Waals surface area contributed by atoms with E-state index in [1.807, 2.05) is 0 Å². The van der Waals surface area contributed by atoms with Crippen molar-refractivity contribution in [2.24, 2.45) is 28.6 Å². The zero-order valence-corrected chi connectivity index (χ0v) is 11.7. The van der Waals surface area contributed by atoms with Gasteiger partial charge in [0.2, 0.25) is 0 Å². The lowest BCUT2D eigenvalue weighted by Gasteiger charge is -2.42. The minimum atomic E-state index is 0.249. The van der Waals surface area contributed by atoms with E-state index in [1.165, 1.54) is 32.2 Å². The number of likely N-dealkylation sites (tertiary alicyclic amines) is 1. The van der Waals surface area contributed by atoms with Crippen molar-refractivity contribution in [2.45, 2.75) is 52.0 Å². The van der Waals surface area contributed by atoms with Crippen molar-refractivity contribution >= 4 is 5.84 Å². The average Bonchev–Trinajstić information content (AvgIpc) is 2.41. The van der Waals surface area contributed by atoms with Crippen LogP contribution in [0.25, 0.3) is 0 Å². The van der Waals surface area contributed by atoms with Gasteiger partial charge in [-0.1, -0.05) is 19.0 Å². The third kappa shape index (κ3) is 2.97. The van der Waals surface area contributed by atoms with Gasteiger partial charge >= 0.3 is 0 Å². The van der Waals surface area contributed by atoms with Crippen molar-refractivity contribution in [3.63, 3.8) is 0 Å². The number of hydrogen-bond donors (Lipinski definition) is 2. The summed E-state index contributed by atoms with van der Waals surface area (Å²) in [4.78, 5) is 2.58. The maximum absolute atomic E-state index is 8.80. The highest BCUT2D eigenvalue weighted by Crippen LogP contribution is 2.33. The molecule has 18 heavy (non-hydrogen) atoms. The van der Waals surface area contributed by atoms with Gasteiger partial charge in [-0.3, -0.25) is 4.90 Å². The first kappa shape index (κ1) is 13.7. The summed E-state index contributed by atoms with van der Waals surface area (Å²) < 4.78 is 0. The van der Waals surface area contributed by atoms with Gasteiger partial charge in [0, 0.05) is 18.5 Å². The molecule has 1 heterocycles. The van der Waals surface area contributed by atoms with Crippen LogP contribution in [0.15, 0.2) is 5.16 Å². The molecule has 4 heteroatoms. The summed E-state index contributed by atoms with van der Waals surface area (Å²) in [5, 5.41) is 12.0.